The maximum absolute atomic E-state index is 12.0. The molecule has 4 rings (SSSR count). The zero-order valence-electron chi connectivity index (χ0n) is 14.9. The van der Waals surface area contributed by atoms with Gasteiger partial charge in [-0.25, -0.2) is 14.8 Å². The molecular weight excluding hydrogens is 366 g/mol. The summed E-state index contributed by atoms with van der Waals surface area (Å²) >= 11 is 6.29. The van der Waals surface area contributed by atoms with E-state index < -0.39 is 11.6 Å². The summed E-state index contributed by atoms with van der Waals surface area (Å²) in [6.07, 6.45) is 5.35. The normalized spacial score (nSPS) is 22.1. The summed E-state index contributed by atoms with van der Waals surface area (Å²) in [6.45, 7) is 2.20. The number of hydrogen-bond donors (Lipinski definition) is 3. The summed E-state index contributed by atoms with van der Waals surface area (Å²) in [5.41, 5.74) is 1.70. The lowest BCUT2D eigenvalue weighted by molar-refractivity contribution is -0.123. The third-order valence-corrected chi connectivity index (χ3v) is 5.64. The first-order valence-electron chi connectivity index (χ1n) is 8.95. The molecule has 7 nitrogen and oxygen atoms in total. The van der Waals surface area contributed by atoms with E-state index in [9.17, 15) is 9.59 Å². The SMILES string of the molecule is CC1(c2ccc(CNc3ncc(C4CCC4)c(Cl)n3)cc2)NC(=O)NC1=O. The Bertz CT molecular complexity index is 897. The average Bonchev–Trinajstić information content (AvgIpc) is 2.87. The van der Waals surface area contributed by atoms with Crippen LogP contribution in [-0.2, 0) is 16.9 Å². The van der Waals surface area contributed by atoms with Crippen LogP contribution in [0.25, 0.3) is 0 Å². The fourth-order valence-electron chi connectivity index (χ4n) is 3.33. The van der Waals surface area contributed by atoms with Crippen LogP contribution in [0.15, 0.2) is 30.5 Å². The first-order valence-corrected chi connectivity index (χ1v) is 9.33. The van der Waals surface area contributed by atoms with Crippen molar-refractivity contribution < 1.29 is 9.59 Å². The zero-order chi connectivity index (χ0) is 19.0. The second kappa shape index (κ2) is 6.81. The van der Waals surface area contributed by atoms with Gasteiger partial charge in [-0.15, -0.1) is 0 Å². The van der Waals surface area contributed by atoms with Gasteiger partial charge in [-0.2, -0.15) is 0 Å². The molecule has 1 unspecified atom stereocenters. The van der Waals surface area contributed by atoms with E-state index >= 15 is 0 Å². The van der Waals surface area contributed by atoms with Crippen molar-refractivity contribution in [1.29, 1.82) is 0 Å². The van der Waals surface area contributed by atoms with Crippen LogP contribution < -0.4 is 16.0 Å². The fraction of sp³-hybridized carbons (Fsp3) is 0.368. The fourth-order valence-corrected chi connectivity index (χ4v) is 3.62. The number of hydrogen-bond acceptors (Lipinski definition) is 5. The molecule has 3 amide bonds. The Balaban J connectivity index is 1.41. The number of aromatic nitrogens is 2. The van der Waals surface area contributed by atoms with Crippen molar-refractivity contribution in [3.8, 4) is 0 Å². The first-order chi connectivity index (χ1) is 13.0. The molecule has 1 aromatic carbocycles. The molecule has 1 aliphatic heterocycles. The van der Waals surface area contributed by atoms with E-state index in [2.05, 4.69) is 25.9 Å². The molecule has 1 saturated heterocycles. The van der Waals surface area contributed by atoms with Crippen LogP contribution >= 0.6 is 11.6 Å². The predicted octanol–water partition coefficient (Wildman–Crippen LogP) is 3.06. The minimum absolute atomic E-state index is 0.354. The molecule has 2 aliphatic rings. The molecular formula is C19H20ClN5O2. The van der Waals surface area contributed by atoms with E-state index in [1.807, 2.05) is 30.5 Å². The minimum Gasteiger partial charge on any atom is -0.350 e. The van der Waals surface area contributed by atoms with Gasteiger partial charge in [0, 0.05) is 18.3 Å². The van der Waals surface area contributed by atoms with Crippen molar-refractivity contribution in [2.24, 2.45) is 0 Å². The summed E-state index contributed by atoms with van der Waals surface area (Å²) in [6, 6.07) is 6.98. The molecule has 0 radical (unpaired) electrons. The number of imide groups is 1. The number of carbonyl (C=O) groups excluding carboxylic acids is 2. The second-order valence-corrected chi connectivity index (χ2v) is 7.51. The average molecular weight is 386 g/mol. The van der Waals surface area contributed by atoms with E-state index in [1.165, 1.54) is 6.42 Å². The van der Waals surface area contributed by atoms with E-state index in [4.69, 9.17) is 11.6 Å². The Morgan fingerprint density at radius 1 is 1.26 bits per heavy atom. The molecule has 2 fully saturated rings. The summed E-state index contributed by atoms with van der Waals surface area (Å²) in [5, 5.41) is 8.60. The summed E-state index contributed by atoms with van der Waals surface area (Å²) in [4.78, 5) is 32.1. The van der Waals surface area contributed by atoms with Crippen molar-refractivity contribution in [2.45, 2.75) is 44.2 Å². The van der Waals surface area contributed by atoms with Crippen LogP contribution in [0.3, 0.4) is 0 Å². The molecule has 27 heavy (non-hydrogen) atoms. The monoisotopic (exact) mass is 385 g/mol. The van der Waals surface area contributed by atoms with Gasteiger partial charge in [-0.3, -0.25) is 10.1 Å². The molecule has 1 saturated carbocycles. The van der Waals surface area contributed by atoms with Crippen LogP contribution in [0.2, 0.25) is 5.15 Å². The van der Waals surface area contributed by atoms with Gasteiger partial charge in [0.1, 0.15) is 10.7 Å². The number of urea groups is 1. The van der Waals surface area contributed by atoms with Crippen LogP contribution in [0, 0.1) is 0 Å². The van der Waals surface area contributed by atoms with Gasteiger partial charge < -0.3 is 10.6 Å². The maximum atomic E-state index is 12.0. The number of rotatable bonds is 5. The predicted molar refractivity (Wildman–Crippen MR) is 101 cm³/mol. The van der Waals surface area contributed by atoms with Crippen LogP contribution in [0.4, 0.5) is 10.7 Å². The van der Waals surface area contributed by atoms with Gasteiger partial charge in [-0.05, 0) is 36.8 Å². The molecule has 2 aromatic rings. The van der Waals surface area contributed by atoms with Gasteiger partial charge in [0.25, 0.3) is 5.91 Å². The molecule has 1 aliphatic carbocycles. The van der Waals surface area contributed by atoms with Crippen molar-refractivity contribution in [3.63, 3.8) is 0 Å². The van der Waals surface area contributed by atoms with Gasteiger partial charge in [0.2, 0.25) is 5.95 Å². The Morgan fingerprint density at radius 3 is 2.56 bits per heavy atom. The lowest BCUT2D eigenvalue weighted by Gasteiger charge is -2.25. The van der Waals surface area contributed by atoms with Gasteiger partial charge in [0.15, 0.2) is 0 Å². The Labute approximate surface area is 161 Å². The summed E-state index contributed by atoms with van der Waals surface area (Å²) < 4.78 is 0. The van der Waals surface area contributed by atoms with Gasteiger partial charge in [-0.1, -0.05) is 42.3 Å². The molecule has 1 atom stereocenters. The Morgan fingerprint density at radius 2 is 2.00 bits per heavy atom. The lowest BCUT2D eigenvalue weighted by Crippen LogP contribution is -2.40. The largest absolute Gasteiger partial charge is 0.350 e. The number of halogens is 1. The maximum Gasteiger partial charge on any atom is 0.322 e. The van der Waals surface area contributed by atoms with Crippen LogP contribution in [0.1, 0.15) is 48.8 Å². The highest BCUT2D eigenvalue weighted by atomic mass is 35.5. The van der Waals surface area contributed by atoms with Gasteiger partial charge in [0.05, 0.1) is 0 Å². The van der Waals surface area contributed by atoms with Crippen LogP contribution in [-0.4, -0.2) is 21.9 Å². The van der Waals surface area contributed by atoms with Crippen molar-refractivity contribution in [3.05, 3.63) is 52.3 Å². The zero-order valence-corrected chi connectivity index (χ0v) is 15.6. The van der Waals surface area contributed by atoms with Crippen LogP contribution in [0.5, 0.6) is 0 Å². The molecule has 1 aromatic heterocycles. The molecule has 140 valence electrons. The molecule has 0 spiro atoms. The van der Waals surface area contributed by atoms with Crippen molar-refractivity contribution in [1.82, 2.24) is 20.6 Å². The van der Waals surface area contributed by atoms with Crippen molar-refractivity contribution >= 4 is 29.5 Å². The lowest BCUT2D eigenvalue weighted by atomic mass is 9.81. The topological polar surface area (TPSA) is 96.0 Å². The van der Waals surface area contributed by atoms with E-state index in [-0.39, 0.29) is 5.91 Å². The quantitative estimate of drug-likeness (QED) is 0.543. The second-order valence-electron chi connectivity index (χ2n) is 7.15. The number of nitrogens with one attached hydrogen (secondary N) is 3. The highest BCUT2D eigenvalue weighted by molar-refractivity contribution is 6.30. The van der Waals surface area contributed by atoms with Gasteiger partial charge >= 0.3 is 6.03 Å². The minimum atomic E-state index is -1.04. The smallest absolute Gasteiger partial charge is 0.322 e. The Hall–Kier alpha value is -2.67. The number of benzene rings is 1. The van der Waals surface area contributed by atoms with Crippen molar-refractivity contribution in [2.75, 3.05) is 5.32 Å². The highest BCUT2D eigenvalue weighted by Gasteiger charge is 2.43. The number of amides is 3. The van der Waals surface area contributed by atoms with E-state index in [0.717, 1.165) is 29.5 Å². The molecule has 0 bridgehead atoms. The first kappa shape index (κ1) is 17.7. The molecule has 3 N–H and O–H groups in total. The highest BCUT2D eigenvalue weighted by Crippen LogP contribution is 2.38. The number of nitrogens with zero attached hydrogens (tertiary/aromatic N) is 2. The summed E-state index contributed by atoms with van der Waals surface area (Å²) in [5.74, 6) is 0.628. The summed E-state index contributed by atoms with van der Waals surface area (Å²) in [7, 11) is 0. The standard InChI is InChI=1S/C19H20ClN5O2/c1-19(16(26)24-18(27)25-19)13-7-5-11(6-8-13)9-21-17-22-10-14(15(20)23-17)12-3-2-4-12/h5-8,10,12H,2-4,9H2,1H3,(H,21,22,23)(H2,24,25,26,27). The van der Waals surface area contributed by atoms with E-state index in [1.54, 1.807) is 6.92 Å². The number of anilines is 1. The third kappa shape index (κ3) is 3.35. The molecule has 2 heterocycles. The third-order valence-electron chi connectivity index (χ3n) is 5.34. The molecule has 8 heteroatoms. The Kier molecular flexibility index (Phi) is 4.47. The number of carbonyl (C=O) groups is 2. The van der Waals surface area contributed by atoms with E-state index in [0.29, 0.717) is 23.6 Å².